The number of benzene rings is 6. The van der Waals surface area contributed by atoms with Crippen molar-refractivity contribution in [1.82, 2.24) is 0 Å². The normalized spacial score (nSPS) is 10.6. The third kappa shape index (κ3) is 5.94. The van der Waals surface area contributed by atoms with Gasteiger partial charge in [0.2, 0.25) is 0 Å². The molecule has 0 heterocycles. The highest BCUT2D eigenvalue weighted by molar-refractivity contribution is 6.08. The molecule has 0 radical (unpaired) electrons. The molecule has 224 valence electrons. The first kappa shape index (κ1) is 30.4. The van der Waals surface area contributed by atoms with Crippen LogP contribution in [-0.2, 0) is 0 Å². The Morgan fingerprint density at radius 1 is 0.426 bits per heavy atom. The number of hydrogen-bond donors (Lipinski definition) is 0. The maximum atomic E-state index is 15.9. The molecule has 5 nitrogen and oxygen atoms in total. The summed E-state index contributed by atoms with van der Waals surface area (Å²) in [7, 11) is 0. The molecule has 0 unspecified atom stereocenters. The lowest BCUT2D eigenvalue weighted by atomic mass is 9.78. The minimum Gasteiger partial charge on any atom is -0.298 e. The van der Waals surface area contributed by atoms with E-state index in [9.17, 15) is 24.4 Å². The summed E-state index contributed by atoms with van der Waals surface area (Å²) in [5, 5.41) is 9.76. The van der Waals surface area contributed by atoms with Crippen LogP contribution in [0.5, 0.6) is 0 Å². The van der Waals surface area contributed by atoms with Gasteiger partial charge in [0.1, 0.15) is 31.0 Å². The molecule has 0 spiro atoms. The fourth-order valence-corrected chi connectivity index (χ4v) is 5.74. The van der Waals surface area contributed by atoms with E-state index < -0.39 is 5.82 Å². The maximum Gasteiger partial charge on any atom is 0.150 e. The highest BCUT2D eigenvalue weighted by atomic mass is 19.1. The van der Waals surface area contributed by atoms with Crippen LogP contribution in [0.2, 0.25) is 0 Å². The zero-order valence-electron chi connectivity index (χ0n) is 24.8. The van der Waals surface area contributed by atoms with Gasteiger partial charge in [-0.05, 0) is 74.3 Å². The number of rotatable bonds is 9. The van der Waals surface area contributed by atoms with Crippen LogP contribution < -0.4 is 0 Å². The second-order valence-corrected chi connectivity index (χ2v) is 10.9. The number of halogens is 1. The molecule has 0 N–H and O–H groups in total. The van der Waals surface area contributed by atoms with E-state index in [1.54, 1.807) is 60.7 Å². The van der Waals surface area contributed by atoms with Crippen LogP contribution in [0, 0.1) is 17.1 Å². The van der Waals surface area contributed by atoms with Crippen molar-refractivity contribution < 1.29 is 23.6 Å². The van der Waals surface area contributed by atoms with Crippen LogP contribution >= 0.6 is 0 Å². The SMILES string of the molecule is N#Cc1ccc(F)c(-c2cc(-c3ccc(C=O)cc3)c(-c3ccc(C=O)cc3)c(-c3ccc(C=O)cc3)c2-c2ccc(C=O)cc2)c1. The van der Waals surface area contributed by atoms with E-state index in [4.69, 9.17) is 0 Å². The first-order chi connectivity index (χ1) is 23.0. The van der Waals surface area contributed by atoms with E-state index >= 15 is 4.39 Å². The molecular weight excluding hydrogens is 589 g/mol. The first-order valence-corrected chi connectivity index (χ1v) is 14.6. The lowest BCUT2D eigenvalue weighted by molar-refractivity contribution is 0.111. The quantitative estimate of drug-likeness (QED) is 0.152. The summed E-state index contributed by atoms with van der Waals surface area (Å²) >= 11 is 0. The van der Waals surface area contributed by atoms with E-state index in [1.807, 2.05) is 42.5 Å². The largest absolute Gasteiger partial charge is 0.298 e. The average molecular weight is 614 g/mol. The number of carbonyl (C=O) groups excluding carboxylic acids is 4. The Bertz CT molecular complexity index is 2190. The molecule has 0 aliphatic heterocycles. The Morgan fingerprint density at radius 2 is 0.809 bits per heavy atom. The van der Waals surface area contributed by atoms with Crippen LogP contribution in [-0.4, -0.2) is 25.1 Å². The number of hydrogen-bond acceptors (Lipinski definition) is 5. The lowest BCUT2D eigenvalue weighted by Crippen LogP contribution is -2.00. The molecular formula is C41H24FNO4. The molecule has 0 aliphatic carbocycles. The molecule has 6 aromatic carbocycles. The molecule has 0 amide bonds. The van der Waals surface area contributed by atoms with Crippen molar-refractivity contribution in [2.24, 2.45) is 0 Å². The Labute approximate surface area is 270 Å². The van der Waals surface area contributed by atoms with E-state index in [-0.39, 0.29) is 11.1 Å². The average Bonchev–Trinajstić information content (AvgIpc) is 3.14. The van der Waals surface area contributed by atoms with Crippen molar-refractivity contribution in [3.05, 3.63) is 155 Å². The van der Waals surface area contributed by atoms with Crippen molar-refractivity contribution in [3.63, 3.8) is 0 Å². The number of carbonyl (C=O) groups is 4. The summed E-state index contributed by atoms with van der Waals surface area (Å²) in [6.07, 6.45) is 3.01. The molecule has 6 aromatic rings. The van der Waals surface area contributed by atoms with Crippen LogP contribution in [0.4, 0.5) is 4.39 Å². The number of nitrogens with zero attached hydrogens (tertiary/aromatic N) is 1. The summed E-state index contributed by atoms with van der Waals surface area (Å²) in [5.41, 5.74) is 8.47. The van der Waals surface area contributed by atoms with Gasteiger partial charge in [-0.2, -0.15) is 5.26 Å². The highest BCUT2D eigenvalue weighted by Crippen LogP contribution is 2.50. The molecule has 0 saturated heterocycles. The molecule has 0 atom stereocenters. The fourth-order valence-electron chi connectivity index (χ4n) is 5.74. The zero-order valence-corrected chi connectivity index (χ0v) is 24.8. The minimum atomic E-state index is -0.539. The smallest absolute Gasteiger partial charge is 0.150 e. The van der Waals surface area contributed by atoms with Crippen molar-refractivity contribution in [1.29, 1.82) is 5.26 Å². The zero-order chi connectivity index (χ0) is 32.9. The third-order valence-electron chi connectivity index (χ3n) is 8.08. The summed E-state index contributed by atoms with van der Waals surface area (Å²) in [6, 6.07) is 36.2. The van der Waals surface area contributed by atoms with Gasteiger partial charge in [-0.1, -0.05) is 97.1 Å². The van der Waals surface area contributed by atoms with Crippen LogP contribution in [0.1, 0.15) is 47.0 Å². The summed E-state index contributed by atoms with van der Waals surface area (Å²) < 4.78 is 15.9. The molecule has 6 heteroatoms. The molecule has 0 fully saturated rings. The maximum absolute atomic E-state index is 15.9. The second kappa shape index (κ2) is 13.2. The fraction of sp³-hybridized carbons (Fsp3) is 0. The van der Waals surface area contributed by atoms with Gasteiger partial charge in [0.05, 0.1) is 11.6 Å². The van der Waals surface area contributed by atoms with Gasteiger partial charge < -0.3 is 0 Å². The topological polar surface area (TPSA) is 92.1 Å². The third-order valence-corrected chi connectivity index (χ3v) is 8.08. The van der Waals surface area contributed by atoms with E-state index in [0.717, 1.165) is 41.8 Å². The van der Waals surface area contributed by atoms with Crippen molar-refractivity contribution in [3.8, 4) is 61.7 Å². The molecule has 6 rings (SSSR count). The molecule has 0 aliphatic rings. The van der Waals surface area contributed by atoms with E-state index in [1.165, 1.54) is 18.2 Å². The summed E-state index contributed by atoms with van der Waals surface area (Å²) in [6.45, 7) is 0. The lowest BCUT2D eigenvalue weighted by Gasteiger charge is -2.25. The van der Waals surface area contributed by atoms with Crippen LogP contribution in [0.3, 0.4) is 0 Å². The van der Waals surface area contributed by atoms with Gasteiger partial charge in [0, 0.05) is 27.8 Å². The van der Waals surface area contributed by atoms with Crippen LogP contribution in [0.25, 0.3) is 55.6 Å². The number of aldehydes is 4. The van der Waals surface area contributed by atoms with Gasteiger partial charge in [0.15, 0.2) is 0 Å². The highest BCUT2D eigenvalue weighted by Gasteiger charge is 2.25. The summed E-state index contributed by atoms with van der Waals surface area (Å²) in [5.74, 6) is -0.539. The molecule has 0 saturated carbocycles. The molecule has 0 aromatic heterocycles. The van der Waals surface area contributed by atoms with E-state index in [0.29, 0.717) is 55.6 Å². The Balaban J connectivity index is 1.86. The van der Waals surface area contributed by atoms with Gasteiger partial charge in [-0.25, -0.2) is 4.39 Å². The van der Waals surface area contributed by atoms with Crippen LogP contribution in [0.15, 0.2) is 121 Å². The predicted molar refractivity (Wildman–Crippen MR) is 180 cm³/mol. The Hall–Kier alpha value is -6.58. The Morgan fingerprint density at radius 3 is 1.21 bits per heavy atom. The monoisotopic (exact) mass is 613 g/mol. The first-order valence-electron chi connectivity index (χ1n) is 14.6. The van der Waals surface area contributed by atoms with Crippen molar-refractivity contribution in [2.45, 2.75) is 0 Å². The minimum absolute atomic E-state index is 0.192. The van der Waals surface area contributed by atoms with Gasteiger partial charge in [-0.3, -0.25) is 19.2 Å². The molecule has 47 heavy (non-hydrogen) atoms. The van der Waals surface area contributed by atoms with Crippen molar-refractivity contribution in [2.75, 3.05) is 0 Å². The predicted octanol–water partition coefficient (Wildman–Crippen LogP) is 9.28. The standard InChI is InChI=1S/C41H24FNO4/c42-38-18-9-30(21-43)19-36(38)37-20-35(31-10-1-26(22-44)2-11-31)39(32-12-3-27(23-45)4-13-32)41(34-16-7-29(25-47)8-17-34)40(37)33-14-5-28(24-46)6-15-33/h1-20,22-25H. The van der Waals surface area contributed by atoms with Gasteiger partial charge in [0.25, 0.3) is 0 Å². The van der Waals surface area contributed by atoms with Gasteiger partial charge in [-0.15, -0.1) is 0 Å². The van der Waals surface area contributed by atoms with E-state index in [2.05, 4.69) is 6.07 Å². The Kier molecular flexibility index (Phi) is 8.54. The van der Waals surface area contributed by atoms with Crippen molar-refractivity contribution >= 4 is 25.1 Å². The summed E-state index contributed by atoms with van der Waals surface area (Å²) in [4.78, 5) is 46.3. The second-order valence-electron chi connectivity index (χ2n) is 10.9. The number of nitriles is 1. The van der Waals surface area contributed by atoms with Gasteiger partial charge >= 0.3 is 0 Å². The molecule has 0 bridgehead atoms.